The summed E-state index contributed by atoms with van der Waals surface area (Å²) >= 11 is 0. The highest BCUT2D eigenvalue weighted by Gasteiger charge is 2.38. The topological polar surface area (TPSA) is 40.5 Å². The molecule has 0 aromatic heterocycles. The second kappa shape index (κ2) is 4.12. The Hall–Kier alpha value is -0.570. The van der Waals surface area contributed by atoms with Crippen LogP contribution in [0.25, 0.3) is 0 Å². The number of rotatable bonds is 3. The van der Waals surface area contributed by atoms with Gasteiger partial charge in [-0.25, -0.2) is 0 Å². The molecule has 1 aliphatic heterocycles. The van der Waals surface area contributed by atoms with Crippen molar-refractivity contribution in [3.63, 3.8) is 0 Å². The fourth-order valence-electron chi connectivity index (χ4n) is 2.72. The van der Waals surface area contributed by atoms with Crippen LogP contribution in [-0.4, -0.2) is 35.6 Å². The van der Waals surface area contributed by atoms with E-state index < -0.39 is 11.4 Å². The van der Waals surface area contributed by atoms with E-state index in [0.29, 0.717) is 0 Å². The third-order valence-corrected chi connectivity index (χ3v) is 4.03. The molecule has 0 bridgehead atoms. The predicted molar refractivity (Wildman–Crippen MR) is 58.8 cm³/mol. The Kier molecular flexibility index (Phi) is 3.01. The van der Waals surface area contributed by atoms with Gasteiger partial charge in [0.2, 0.25) is 0 Å². The predicted octanol–water partition coefficient (Wildman–Crippen LogP) is 1.97. The van der Waals surface area contributed by atoms with Gasteiger partial charge in [0.1, 0.15) is 0 Å². The SMILES string of the molecule is CC1(C(=O)O)CCCN(CC2CCC2)C1. The molecule has 1 heterocycles. The molecule has 3 nitrogen and oxygen atoms in total. The summed E-state index contributed by atoms with van der Waals surface area (Å²) in [5.41, 5.74) is -0.498. The smallest absolute Gasteiger partial charge is 0.310 e. The number of likely N-dealkylation sites (tertiary alicyclic amines) is 1. The summed E-state index contributed by atoms with van der Waals surface area (Å²) in [6, 6.07) is 0. The molecule has 1 saturated heterocycles. The molecule has 0 radical (unpaired) electrons. The molecule has 15 heavy (non-hydrogen) atoms. The molecule has 0 spiro atoms. The number of carboxylic acid groups (broad SMARTS) is 1. The van der Waals surface area contributed by atoms with Gasteiger partial charge in [0.15, 0.2) is 0 Å². The Balaban J connectivity index is 1.88. The van der Waals surface area contributed by atoms with E-state index >= 15 is 0 Å². The molecule has 1 aliphatic carbocycles. The molecule has 1 atom stereocenters. The van der Waals surface area contributed by atoms with Crippen LogP contribution < -0.4 is 0 Å². The van der Waals surface area contributed by atoms with E-state index in [0.717, 1.165) is 38.4 Å². The van der Waals surface area contributed by atoms with E-state index in [2.05, 4.69) is 4.90 Å². The van der Waals surface area contributed by atoms with E-state index in [4.69, 9.17) is 0 Å². The average molecular weight is 211 g/mol. The number of hydrogen-bond acceptors (Lipinski definition) is 2. The van der Waals surface area contributed by atoms with Crippen LogP contribution in [-0.2, 0) is 4.79 Å². The van der Waals surface area contributed by atoms with Crippen LogP contribution in [0, 0.1) is 11.3 Å². The molecule has 1 N–H and O–H groups in total. The lowest BCUT2D eigenvalue weighted by Crippen LogP contribution is -2.48. The van der Waals surface area contributed by atoms with Gasteiger partial charge in [-0.05, 0) is 45.1 Å². The van der Waals surface area contributed by atoms with Crippen LogP contribution in [0.3, 0.4) is 0 Å². The first-order valence-electron chi connectivity index (χ1n) is 6.06. The van der Waals surface area contributed by atoms with Crippen molar-refractivity contribution in [3.8, 4) is 0 Å². The third kappa shape index (κ3) is 2.33. The zero-order valence-electron chi connectivity index (χ0n) is 9.54. The number of aliphatic carboxylic acids is 1. The highest BCUT2D eigenvalue weighted by atomic mass is 16.4. The van der Waals surface area contributed by atoms with E-state index in [-0.39, 0.29) is 0 Å². The van der Waals surface area contributed by atoms with Crippen molar-refractivity contribution in [1.29, 1.82) is 0 Å². The summed E-state index contributed by atoms with van der Waals surface area (Å²) in [5, 5.41) is 9.19. The van der Waals surface area contributed by atoms with E-state index in [1.165, 1.54) is 19.3 Å². The highest BCUT2D eigenvalue weighted by Crippen LogP contribution is 2.33. The van der Waals surface area contributed by atoms with Crippen LogP contribution in [0.2, 0.25) is 0 Å². The van der Waals surface area contributed by atoms with Crippen molar-refractivity contribution in [1.82, 2.24) is 4.90 Å². The minimum Gasteiger partial charge on any atom is -0.481 e. The molecule has 1 saturated carbocycles. The van der Waals surface area contributed by atoms with Gasteiger partial charge in [-0.15, -0.1) is 0 Å². The second-order valence-corrected chi connectivity index (χ2v) is 5.50. The molecule has 2 aliphatic rings. The highest BCUT2D eigenvalue weighted by molar-refractivity contribution is 5.74. The Bertz CT molecular complexity index is 250. The molecule has 86 valence electrons. The van der Waals surface area contributed by atoms with Crippen molar-refractivity contribution in [2.24, 2.45) is 11.3 Å². The van der Waals surface area contributed by atoms with Crippen LogP contribution in [0.4, 0.5) is 0 Å². The summed E-state index contributed by atoms with van der Waals surface area (Å²) in [5.74, 6) is 0.224. The third-order valence-electron chi connectivity index (χ3n) is 4.03. The lowest BCUT2D eigenvalue weighted by molar-refractivity contribution is -0.151. The number of carbonyl (C=O) groups is 1. The standard InChI is InChI=1S/C12H21NO2/c1-12(11(14)15)6-3-7-13(9-12)8-10-4-2-5-10/h10H,2-9H2,1H3,(H,14,15). The van der Waals surface area contributed by atoms with Gasteiger partial charge in [-0.1, -0.05) is 6.42 Å². The van der Waals surface area contributed by atoms with E-state index in [9.17, 15) is 9.90 Å². The zero-order valence-corrected chi connectivity index (χ0v) is 9.54. The summed E-state index contributed by atoms with van der Waals surface area (Å²) < 4.78 is 0. The van der Waals surface area contributed by atoms with E-state index in [1.807, 2.05) is 6.92 Å². The summed E-state index contributed by atoms with van der Waals surface area (Å²) in [6.07, 6.45) is 5.94. The van der Waals surface area contributed by atoms with Crippen molar-refractivity contribution < 1.29 is 9.90 Å². The first kappa shape index (κ1) is 10.9. The molecule has 1 unspecified atom stereocenters. The lowest BCUT2D eigenvalue weighted by Gasteiger charge is -2.40. The van der Waals surface area contributed by atoms with Crippen molar-refractivity contribution >= 4 is 5.97 Å². The monoisotopic (exact) mass is 211 g/mol. The number of carboxylic acids is 1. The van der Waals surface area contributed by atoms with Crippen LogP contribution >= 0.6 is 0 Å². The second-order valence-electron chi connectivity index (χ2n) is 5.50. The van der Waals surface area contributed by atoms with Crippen molar-refractivity contribution in [3.05, 3.63) is 0 Å². The Morgan fingerprint density at radius 3 is 2.73 bits per heavy atom. The first-order chi connectivity index (χ1) is 7.10. The van der Waals surface area contributed by atoms with Crippen LogP contribution in [0.15, 0.2) is 0 Å². The summed E-state index contributed by atoms with van der Waals surface area (Å²) in [6.45, 7) is 4.86. The normalized spacial score (nSPS) is 33.7. The van der Waals surface area contributed by atoms with Crippen LogP contribution in [0.1, 0.15) is 39.0 Å². The van der Waals surface area contributed by atoms with Gasteiger partial charge in [0.25, 0.3) is 0 Å². The molecule has 3 heteroatoms. The molecule has 0 amide bonds. The maximum absolute atomic E-state index is 11.2. The van der Waals surface area contributed by atoms with Gasteiger partial charge in [-0.3, -0.25) is 4.79 Å². The molecular weight excluding hydrogens is 190 g/mol. The van der Waals surface area contributed by atoms with Crippen LogP contribution in [0.5, 0.6) is 0 Å². The molecule has 2 rings (SSSR count). The quantitative estimate of drug-likeness (QED) is 0.776. The minimum atomic E-state index is -0.624. The Morgan fingerprint density at radius 2 is 2.20 bits per heavy atom. The van der Waals surface area contributed by atoms with Crippen molar-refractivity contribution in [2.75, 3.05) is 19.6 Å². The fraction of sp³-hybridized carbons (Fsp3) is 0.917. The summed E-state index contributed by atoms with van der Waals surface area (Å²) in [4.78, 5) is 13.5. The summed E-state index contributed by atoms with van der Waals surface area (Å²) in [7, 11) is 0. The Labute approximate surface area is 91.5 Å². The molecule has 0 aromatic rings. The van der Waals surface area contributed by atoms with E-state index in [1.54, 1.807) is 0 Å². The molecular formula is C12H21NO2. The van der Waals surface area contributed by atoms with Gasteiger partial charge >= 0.3 is 5.97 Å². The van der Waals surface area contributed by atoms with Gasteiger partial charge < -0.3 is 10.0 Å². The van der Waals surface area contributed by atoms with Gasteiger partial charge in [0.05, 0.1) is 5.41 Å². The van der Waals surface area contributed by atoms with Gasteiger partial charge in [-0.2, -0.15) is 0 Å². The first-order valence-corrected chi connectivity index (χ1v) is 6.06. The maximum Gasteiger partial charge on any atom is 0.310 e. The van der Waals surface area contributed by atoms with Gasteiger partial charge in [0, 0.05) is 13.1 Å². The zero-order chi connectivity index (χ0) is 10.9. The maximum atomic E-state index is 11.2. The molecule has 2 fully saturated rings. The largest absolute Gasteiger partial charge is 0.481 e. The number of piperidine rings is 1. The van der Waals surface area contributed by atoms with Crippen molar-refractivity contribution in [2.45, 2.75) is 39.0 Å². The minimum absolute atomic E-state index is 0.498. The Morgan fingerprint density at radius 1 is 1.47 bits per heavy atom. The fourth-order valence-corrected chi connectivity index (χ4v) is 2.72. The molecule has 0 aromatic carbocycles. The average Bonchev–Trinajstić information content (AvgIpc) is 2.12. The number of hydrogen-bond donors (Lipinski definition) is 1. The number of nitrogens with zero attached hydrogens (tertiary/aromatic N) is 1. The lowest BCUT2D eigenvalue weighted by atomic mass is 9.80.